The zero-order valence-electron chi connectivity index (χ0n) is 12.3. The molecule has 2 atom stereocenters. The summed E-state index contributed by atoms with van der Waals surface area (Å²) in [6, 6.07) is 8.24. The van der Waals surface area contributed by atoms with Crippen LogP contribution in [0.1, 0.15) is 44.4 Å². The Labute approximate surface area is 115 Å². The third-order valence-electron chi connectivity index (χ3n) is 3.93. The van der Waals surface area contributed by atoms with Gasteiger partial charge in [-0.3, -0.25) is 4.79 Å². The fraction of sp³-hybridized carbons (Fsp3) is 0.562. The fourth-order valence-electron chi connectivity index (χ4n) is 2.68. The highest BCUT2D eigenvalue weighted by Crippen LogP contribution is 2.32. The molecule has 1 aromatic rings. The molecule has 3 nitrogen and oxygen atoms in total. The molecule has 1 fully saturated rings. The van der Waals surface area contributed by atoms with Gasteiger partial charge in [0, 0.05) is 30.5 Å². The third kappa shape index (κ3) is 2.98. The summed E-state index contributed by atoms with van der Waals surface area (Å²) in [5.41, 5.74) is 8.58. The van der Waals surface area contributed by atoms with E-state index < -0.39 is 0 Å². The molecule has 104 valence electrons. The van der Waals surface area contributed by atoms with E-state index >= 15 is 0 Å². The van der Waals surface area contributed by atoms with Crippen LogP contribution in [-0.2, 0) is 4.79 Å². The van der Waals surface area contributed by atoms with Crippen LogP contribution < -0.4 is 5.73 Å². The highest BCUT2D eigenvalue weighted by atomic mass is 16.2. The van der Waals surface area contributed by atoms with Crippen LogP contribution in [0.25, 0.3) is 0 Å². The molecular weight excluding hydrogens is 236 g/mol. The lowest BCUT2D eigenvalue weighted by Crippen LogP contribution is -2.42. The van der Waals surface area contributed by atoms with E-state index in [1.54, 1.807) is 0 Å². The smallest absolute Gasteiger partial charge is 0.223 e. The number of rotatable bonds is 2. The van der Waals surface area contributed by atoms with E-state index in [1.807, 2.05) is 4.90 Å². The van der Waals surface area contributed by atoms with E-state index in [2.05, 4.69) is 52.0 Å². The molecule has 1 aromatic carbocycles. The van der Waals surface area contributed by atoms with Gasteiger partial charge in [0.1, 0.15) is 0 Å². The normalized spacial score (nSPS) is 21.8. The van der Waals surface area contributed by atoms with Crippen LogP contribution in [-0.4, -0.2) is 22.9 Å². The van der Waals surface area contributed by atoms with Gasteiger partial charge in [-0.1, -0.05) is 29.8 Å². The second-order valence-corrected chi connectivity index (χ2v) is 6.58. The van der Waals surface area contributed by atoms with Gasteiger partial charge in [0.05, 0.1) is 0 Å². The highest BCUT2D eigenvalue weighted by molar-refractivity contribution is 5.79. The third-order valence-corrected chi connectivity index (χ3v) is 3.93. The van der Waals surface area contributed by atoms with Gasteiger partial charge in [-0.05, 0) is 33.3 Å². The first kappa shape index (κ1) is 14.1. The Kier molecular flexibility index (Phi) is 3.68. The van der Waals surface area contributed by atoms with Crippen molar-refractivity contribution in [1.29, 1.82) is 0 Å². The first-order valence-electron chi connectivity index (χ1n) is 6.91. The Morgan fingerprint density at radius 2 is 1.84 bits per heavy atom. The maximum Gasteiger partial charge on any atom is 0.223 e. The van der Waals surface area contributed by atoms with Crippen molar-refractivity contribution in [3.63, 3.8) is 0 Å². The predicted octanol–water partition coefficient (Wildman–Crippen LogP) is 2.64. The Morgan fingerprint density at radius 3 is 2.32 bits per heavy atom. The summed E-state index contributed by atoms with van der Waals surface area (Å²) >= 11 is 0. The van der Waals surface area contributed by atoms with Crippen molar-refractivity contribution in [1.82, 2.24) is 4.90 Å². The van der Waals surface area contributed by atoms with Crippen molar-refractivity contribution in [2.24, 2.45) is 11.7 Å². The topological polar surface area (TPSA) is 46.3 Å². The molecule has 3 heteroatoms. The fourth-order valence-corrected chi connectivity index (χ4v) is 2.68. The Balaban J connectivity index is 2.12. The SMILES string of the molecule is Cc1ccc(C(N)C2CC(=O)N(C(C)(C)C)C2)cc1. The average molecular weight is 260 g/mol. The van der Waals surface area contributed by atoms with Crippen LogP contribution in [0.3, 0.4) is 0 Å². The zero-order chi connectivity index (χ0) is 14.2. The van der Waals surface area contributed by atoms with Gasteiger partial charge >= 0.3 is 0 Å². The largest absolute Gasteiger partial charge is 0.337 e. The van der Waals surface area contributed by atoms with Gasteiger partial charge in [-0.15, -0.1) is 0 Å². The van der Waals surface area contributed by atoms with Crippen LogP contribution >= 0.6 is 0 Å². The lowest BCUT2D eigenvalue weighted by molar-refractivity contribution is -0.131. The zero-order valence-corrected chi connectivity index (χ0v) is 12.3. The quantitative estimate of drug-likeness (QED) is 0.888. The molecule has 0 spiro atoms. The molecule has 0 bridgehead atoms. The van der Waals surface area contributed by atoms with Crippen LogP contribution in [0.15, 0.2) is 24.3 Å². The number of hydrogen-bond donors (Lipinski definition) is 1. The van der Waals surface area contributed by atoms with Gasteiger partial charge < -0.3 is 10.6 Å². The number of carbonyl (C=O) groups is 1. The highest BCUT2D eigenvalue weighted by Gasteiger charge is 2.38. The van der Waals surface area contributed by atoms with Crippen LogP contribution in [0.4, 0.5) is 0 Å². The first-order valence-corrected chi connectivity index (χ1v) is 6.91. The minimum atomic E-state index is -0.112. The number of nitrogens with zero attached hydrogens (tertiary/aromatic N) is 1. The molecule has 1 aliphatic rings. The summed E-state index contributed by atoms with van der Waals surface area (Å²) in [4.78, 5) is 14.0. The van der Waals surface area contributed by atoms with Crippen molar-refractivity contribution in [3.8, 4) is 0 Å². The maximum absolute atomic E-state index is 12.1. The summed E-state index contributed by atoms with van der Waals surface area (Å²) in [6.45, 7) is 9.05. The van der Waals surface area contributed by atoms with E-state index in [9.17, 15) is 4.79 Å². The Hall–Kier alpha value is -1.35. The molecule has 1 aliphatic heterocycles. The number of nitrogens with two attached hydrogens (primary N) is 1. The lowest BCUT2D eigenvalue weighted by Gasteiger charge is -2.32. The van der Waals surface area contributed by atoms with Gasteiger partial charge in [0.25, 0.3) is 0 Å². The molecule has 2 unspecified atom stereocenters. The monoisotopic (exact) mass is 260 g/mol. The standard InChI is InChI=1S/C16H24N2O/c1-11-5-7-12(8-6-11)15(17)13-9-14(19)18(10-13)16(2,3)4/h5-8,13,15H,9-10,17H2,1-4H3. The van der Waals surface area contributed by atoms with Crippen molar-refractivity contribution in [2.75, 3.05) is 6.54 Å². The van der Waals surface area contributed by atoms with E-state index in [-0.39, 0.29) is 23.4 Å². The number of benzene rings is 1. The minimum absolute atomic E-state index is 0.0584. The lowest BCUT2D eigenvalue weighted by atomic mass is 9.92. The Morgan fingerprint density at radius 1 is 1.26 bits per heavy atom. The molecule has 1 heterocycles. The molecule has 0 saturated carbocycles. The average Bonchev–Trinajstić information content (AvgIpc) is 2.71. The van der Waals surface area contributed by atoms with Crippen LogP contribution in [0, 0.1) is 12.8 Å². The van der Waals surface area contributed by atoms with Crippen LogP contribution in [0.5, 0.6) is 0 Å². The Bertz CT molecular complexity index is 459. The number of likely N-dealkylation sites (tertiary alicyclic amines) is 1. The number of aryl methyl sites for hydroxylation is 1. The molecule has 2 N–H and O–H groups in total. The van der Waals surface area contributed by atoms with E-state index in [0.29, 0.717) is 6.42 Å². The molecule has 1 amide bonds. The first-order chi connectivity index (χ1) is 8.79. The minimum Gasteiger partial charge on any atom is -0.337 e. The molecule has 0 aliphatic carbocycles. The number of amides is 1. The van der Waals surface area contributed by atoms with Crippen molar-refractivity contribution in [3.05, 3.63) is 35.4 Å². The molecule has 0 radical (unpaired) electrons. The molecule has 1 saturated heterocycles. The molecular formula is C16H24N2O. The van der Waals surface area contributed by atoms with Gasteiger partial charge in [-0.2, -0.15) is 0 Å². The van der Waals surface area contributed by atoms with Gasteiger partial charge in [-0.25, -0.2) is 0 Å². The van der Waals surface area contributed by atoms with Crippen molar-refractivity contribution < 1.29 is 4.79 Å². The van der Waals surface area contributed by atoms with Gasteiger partial charge in [0.2, 0.25) is 5.91 Å². The summed E-state index contributed by atoms with van der Waals surface area (Å²) in [6.07, 6.45) is 0.562. The van der Waals surface area contributed by atoms with Gasteiger partial charge in [0.15, 0.2) is 0 Å². The second kappa shape index (κ2) is 4.97. The summed E-state index contributed by atoms with van der Waals surface area (Å²) < 4.78 is 0. The molecule has 19 heavy (non-hydrogen) atoms. The number of hydrogen-bond acceptors (Lipinski definition) is 2. The predicted molar refractivity (Wildman–Crippen MR) is 77.7 cm³/mol. The van der Waals surface area contributed by atoms with Crippen LogP contribution in [0.2, 0.25) is 0 Å². The maximum atomic E-state index is 12.1. The van der Waals surface area contributed by atoms with Crippen molar-refractivity contribution in [2.45, 2.75) is 45.7 Å². The summed E-state index contributed by atoms with van der Waals surface area (Å²) in [7, 11) is 0. The van der Waals surface area contributed by atoms with E-state index in [1.165, 1.54) is 5.56 Å². The molecule has 0 aromatic heterocycles. The van der Waals surface area contributed by atoms with E-state index in [4.69, 9.17) is 5.73 Å². The number of carbonyl (C=O) groups excluding carboxylic acids is 1. The summed E-state index contributed by atoms with van der Waals surface area (Å²) in [5, 5.41) is 0. The van der Waals surface area contributed by atoms with Crippen molar-refractivity contribution >= 4 is 5.91 Å². The second-order valence-electron chi connectivity index (χ2n) is 6.58. The molecule has 2 rings (SSSR count). The summed E-state index contributed by atoms with van der Waals surface area (Å²) in [5.74, 6) is 0.439. The van der Waals surface area contributed by atoms with E-state index in [0.717, 1.165) is 12.1 Å².